The molecule has 0 saturated carbocycles. The van der Waals surface area contributed by atoms with Crippen LogP contribution in [0.15, 0.2) is 0 Å². The van der Waals surface area contributed by atoms with Crippen LogP contribution in [0.2, 0.25) is 0 Å². The van der Waals surface area contributed by atoms with Gasteiger partial charge in [0.15, 0.2) is 0 Å². The van der Waals surface area contributed by atoms with Crippen molar-refractivity contribution in [3.8, 4) is 0 Å². The lowest BCUT2D eigenvalue weighted by atomic mass is 10.1. The van der Waals surface area contributed by atoms with Crippen molar-refractivity contribution >= 4 is 10.0 Å². The fourth-order valence-electron chi connectivity index (χ4n) is 1.16. The first-order valence-corrected chi connectivity index (χ1v) is 5.46. The zero-order valence-corrected chi connectivity index (χ0v) is 7.30. The van der Waals surface area contributed by atoms with Crippen molar-refractivity contribution in [2.24, 2.45) is 0 Å². The minimum absolute atomic E-state index is 0.396. The largest absolute Gasteiger partial charge is 0.852 e. The second kappa shape index (κ2) is 3.08. The number of rotatable bonds is 1. The lowest BCUT2D eigenvalue weighted by Gasteiger charge is -2.33. The van der Waals surface area contributed by atoms with Gasteiger partial charge in [0, 0.05) is 13.1 Å². The van der Waals surface area contributed by atoms with Gasteiger partial charge in [0.2, 0.25) is 10.0 Å². The van der Waals surface area contributed by atoms with Crippen LogP contribution in [0.3, 0.4) is 0 Å². The molecule has 0 aromatic carbocycles. The van der Waals surface area contributed by atoms with Crippen LogP contribution in [-0.2, 0) is 10.0 Å². The molecule has 1 heterocycles. The molecule has 0 aliphatic carbocycles. The molecular formula is C6H12NO3S-. The summed E-state index contributed by atoms with van der Waals surface area (Å²) in [5, 5.41) is 10.8. The molecule has 0 amide bonds. The smallest absolute Gasteiger partial charge is 0.211 e. The van der Waals surface area contributed by atoms with Crippen LogP contribution in [0.1, 0.15) is 12.8 Å². The third-order valence-corrected chi connectivity index (χ3v) is 3.17. The Morgan fingerprint density at radius 2 is 1.82 bits per heavy atom. The quantitative estimate of drug-likeness (QED) is 0.505. The molecule has 0 bridgehead atoms. The third kappa shape index (κ3) is 2.43. The molecular weight excluding hydrogens is 166 g/mol. The predicted octanol–water partition coefficient (Wildman–Crippen LogP) is -1.23. The van der Waals surface area contributed by atoms with Crippen molar-refractivity contribution in [1.29, 1.82) is 0 Å². The van der Waals surface area contributed by atoms with Crippen LogP contribution in [0.4, 0.5) is 0 Å². The molecule has 1 aliphatic heterocycles. The zero-order valence-electron chi connectivity index (χ0n) is 6.49. The van der Waals surface area contributed by atoms with E-state index in [0.29, 0.717) is 25.9 Å². The zero-order chi connectivity index (χ0) is 8.48. The summed E-state index contributed by atoms with van der Waals surface area (Å²) < 4.78 is 23.2. The fourth-order valence-corrected chi connectivity index (χ4v) is 2.04. The van der Waals surface area contributed by atoms with Crippen LogP contribution in [0, 0.1) is 0 Å². The highest BCUT2D eigenvalue weighted by atomic mass is 32.2. The van der Waals surface area contributed by atoms with Crippen LogP contribution in [-0.4, -0.2) is 38.2 Å². The van der Waals surface area contributed by atoms with Gasteiger partial charge in [-0.25, -0.2) is 12.7 Å². The van der Waals surface area contributed by atoms with Crippen molar-refractivity contribution < 1.29 is 13.5 Å². The highest BCUT2D eigenvalue weighted by Crippen LogP contribution is 2.10. The Labute approximate surface area is 66.9 Å². The number of nitrogens with zero attached hydrogens (tertiary/aromatic N) is 1. The van der Waals surface area contributed by atoms with Gasteiger partial charge in [-0.3, -0.25) is 0 Å². The number of hydrogen-bond donors (Lipinski definition) is 0. The van der Waals surface area contributed by atoms with Gasteiger partial charge in [0.25, 0.3) is 0 Å². The maximum absolute atomic E-state index is 10.9. The molecule has 1 rings (SSSR count). The van der Waals surface area contributed by atoms with Gasteiger partial charge in [-0.05, 0) is 0 Å². The average molecular weight is 178 g/mol. The number of sulfonamides is 1. The SMILES string of the molecule is CS(=O)(=O)N1CCC([O-])CC1. The molecule has 0 aromatic rings. The normalized spacial score (nSPS) is 23.8. The molecule has 5 heteroatoms. The maximum atomic E-state index is 10.9. The first kappa shape index (κ1) is 8.96. The number of hydrogen-bond acceptors (Lipinski definition) is 3. The summed E-state index contributed by atoms with van der Waals surface area (Å²) in [5.74, 6) is 0. The first-order chi connectivity index (χ1) is 5.00. The van der Waals surface area contributed by atoms with Gasteiger partial charge in [0.05, 0.1) is 6.26 Å². The summed E-state index contributed by atoms with van der Waals surface area (Å²) in [4.78, 5) is 0. The summed E-state index contributed by atoms with van der Waals surface area (Å²) in [7, 11) is -3.05. The van der Waals surface area contributed by atoms with E-state index in [4.69, 9.17) is 0 Å². The standard InChI is InChI=1S/C6H12NO3S/c1-11(9,10)7-4-2-6(8)3-5-7/h6H,2-5H2,1H3/q-1. The van der Waals surface area contributed by atoms with Crippen molar-refractivity contribution in [3.63, 3.8) is 0 Å². The van der Waals surface area contributed by atoms with E-state index in [-0.39, 0.29) is 0 Å². The summed E-state index contributed by atoms with van der Waals surface area (Å²) in [6.07, 6.45) is 1.52. The van der Waals surface area contributed by atoms with E-state index in [1.54, 1.807) is 0 Å². The van der Waals surface area contributed by atoms with E-state index in [1.165, 1.54) is 10.6 Å². The Morgan fingerprint density at radius 1 is 1.36 bits per heavy atom. The molecule has 0 aromatic heterocycles. The van der Waals surface area contributed by atoms with Gasteiger partial charge >= 0.3 is 0 Å². The molecule has 4 nitrogen and oxygen atoms in total. The first-order valence-electron chi connectivity index (χ1n) is 3.61. The Bertz CT molecular complexity index is 216. The lowest BCUT2D eigenvalue weighted by Crippen LogP contribution is -2.43. The van der Waals surface area contributed by atoms with Crippen LogP contribution in [0.5, 0.6) is 0 Å². The van der Waals surface area contributed by atoms with E-state index in [9.17, 15) is 13.5 Å². The van der Waals surface area contributed by atoms with Crippen molar-refractivity contribution in [2.45, 2.75) is 18.9 Å². The Hall–Kier alpha value is -0.130. The predicted molar refractivity (Wildman–Crippen MR) is 39.4 cm³/mol. The van der Waals surface area contributed by atoms with Gasteiger partial charge in [-0.2, -0.15) is 0 Å². The Kier molecular flexibility index (Phi) is 2.51. The summed E-state index contributed by atoms with van der Waals surface area (Å²) in [5.41, 5.74) is 0. The second-order valence-electron chi connectivity index (χ2n) is 2.86. The Morgan fingerprint density at radius 3 is 2.18 bits per heavy atom. The monoisotopic (exact) mass is 178 g/mol. The maximum Gasteiger partial charge on any atom is 0.211 e. The Balaban J connectivity index is 2.53. The van der Waals surface area contributed by atoms with E-state index in [0.717, 1.165) is 0 Å². The molecule has 0 spiro atoms. The van der Waals surface area contributed by atoms with Gasteiger partial charge in [0.1, 0.15) is 0 Å². The van der Waals surface area contributed by atoms with Crippen LogP contribution >= 0.6 is 0 Å². The van der Waals surface area contributed by atoms with E-state index >= 15 is 0 Å². The molecule has 1 fully saturated rings. The topological polar surface area (TPSA) is 60.4 Å². The molecule has 0 atom stereocenters. The molecule has 0 N–H and O–H groups in total. The minimum Gasteiger partial charge on any atom is -0.852 e. The molecule has 1 saturated heterocycles. The highest BCUT2D eigenvalue weighted by Gasteiger charge is 2.19. The van der Waals surface area contributed by atoms with Gasteiger partial charge in [-0.1, -0.05) is 12.8 Å². The fraction of sp³-hybridized carbons (Fsp3) is 1.00. The molecule has 66 valence electrons. The molecule has 0 unspecified atom stereocenters. The molecule has 0 radical (unpaired) electrons. The van der Waals surface area contributed by atoms with Gasteiger partial charge < -0.3 is 5.11 Å². The summed E-state index contributed by atoms with van der Waals surface area (Å²) >= 11 is 0. The molecule has 11 heavy (non-hydrogen) atoms. The van der Waals surface area contributed by atoms with Crippen molar-refractivity contribution in [1.82, 2.24) is 4.31 Å². The third-order valence-electron chi connectivity index (χ3n) is 1.87. The highest BCUT2D eigenvalue weighted by molar-refractivity contribution is 7.88. The molecule has 1 aliphatic rings. The van der Waals surface area contributed by atoms with E-state index in [1.807, 2.05) is 0 Å². The number of piperidine rings is 1. The van der Waals surface area contributed by atoms with Crippen molar-refractivity contribution in [3.05, 3.63) is 0 Å². The summed E-state index contributed by atoms with van der Waals surface area (Å²) in [6.45, 7) is 0.792. The van der Waals surface area contributed by atoms with Crippen molar-refractivity contribution in [2.75, 3.05) is 19.3 Å². The average Bonchev–Trinajstić information content (AvgIpc) is 1.86. The van der Waals surface area contributed by atoms with Crippen LogP contribution in [0.25, 0.3) is 0 Å². The van der Waals surface area contributed by atoms with E-state index in [2.05, 4.69) is 0 Å². The lowest BCUT2D eigenvalue weighted by molar-refractivity contribution is -0.425. The van der Waals surface area contributed by atoms with Crippen LogP contribution < -0.4 is 5.11 Å². The van der Waals surface area contributed by atoms with Gasteiger partial charge in [-0.15, -0.1) is 6.10 Å². The minimum atomic E-state index is -3.05. The van der Waals surface area contributed by atoms with E-state index < -0.39 is 16.1 Å². The second-order valence-corrected chi connectivity index (χ2v) is 4.84. The summed E-state index contributed by atoms with van der Waals surface area (Å²) in [6, 6.07) is 0.